The van der Waals surface area contributed by atoms with E-state index in [1.165, 1.54) is 5.57 Å². The number of methoxy groups -OCH3 is 1. The molecule has 1 aliphatic carbocycles. The molecule has 4 aliphatic rings. The molecule has 5 atom stereocenters. The molecule has 1 spiro atoms. The molecule has 35 heavy (non-hydrogen) atoms. The SMILES string of the molecule is CO[C@H]1[C@H](C(C)(C)OCC=C(C)C)[C@]2(CC[C@H]1OC(=O)N1CC[C@@H](CCN3CCOCC3)C1)CO2. The summed E-state index contributed by atoms with van der Waals surface area (Å²) in [6, 6.07) is 0. The van der Waals surface area contributed by atoms with Gasteiger partial charge in [-0.1, -0.05) is 11.6 Å². The van der Waals surface area contributed by atoms with Gasteiger partial charge in [-0.25, -0.2) is 4.79 Å². The molecule has 0 radical (unpaired) electrons. The van der Waals surface area contributed by atoms with E-state index in [4.69, 9.17) is 23.7 Å². The Bertz CT molecular complexity index is 742. The fourth-order valence-electron chi connectivity index (χ4n) is 6.22. The van der Waals surface area contributed by atoms with Gasteiger partial charge in [-0.15, -0.1) is 0 Å². The highest BCUT2D eigenvalue weighted by Gasteiger charge is 2.64. The maximum atomic E-state index is 13.2. The summed E-state index contributed by atoms with van der Waals surface area (Å²) in [4.78, 5) is 17.5. The second-order valence-electron chi connectivity index (χ2n) is 11.5. The van der Waals surface area contributed by atoms with Crippen LogP contribution < -0.4 is 0 Å². The molecule has 0 bridgehead atoms. The lowest BCUT2D eigenvalue weighted by atomic mass is 9.68. The lowest BCUT2D eigenvalue weighted by Gasteiger charge is -2.47. The molecule has 3 saturated heterocycles. The van der Waals surface area contributed by atoms with Gasteiger partial charge in [0.05, 0.1) is 37.6 Å². The standard InChI is InChI=1S/C27H46N2O6/c1-20(2)9-15-33-26(3,4)24-23(31-5)22(6-10-27(24)19-34-27)35-25(30)29-12-8-21(18-29)7-11-28-13-16-32-17-14-28/h9,21-24H,6-8,10-19H2,1-5H3/t21-,22-,23-,24-,27+/m1/s1. The first-order chi connectivity index (χ1) is 16.7. The number of nitrogens with zero attached hydrogens (tertiary/aromatic N) is 2. The number of likely N-dealkylation sites (tertiary alicyclic amines) is 1. The van der Waals surface area contributed by atoms with Crippen molar-refractivity contribution < 1.29 is 28.5 Å². The lowest BCUT2D eigenvalue weighted by molar-refractivity contribution is -0.173. The van der Waals surface area contributed by atoms with Crippen LogP contribution in [0.15, 0.2) is 11.6 Å². The Morgan fingerprint density at radius 1 is 1.17 bits per heavy atom. The van der Waals surface area contributed by atoms with E-state index >= 15 is 0 Å². The Balaban J connectivity index is 1.32. The Labute approximate surface area is 211 Å². The van der Waals surface area contributed by atoms with E-state index in [0.29, 0.717) is 19.1 Å². The highest BCUT2D eigenvalue weighted by atomic mass is 16.6. The Morgan fingerprint density at radius 3 is 2.57 bits per heavy atom. The van der Waals surface area contributed by atoms with Crippen molar-refractivity contribution in [1.82, 2.24) is 9.80 Å². The number of allylic oxidation sites excluding steroid dienone is 1. The largest absolute Gasteiger partial charge is 0.443 e. The number of epoxide rings is 1. The average molecular weight is 495 g/mol. The predicted octanol–water partition coefficient (Wildman–Crippen LogP) is 3.49. The van der Waals surface area contributed by atoms with Gasteiger partial charge >= 0.3 is 6.09 Å². The maximum Gasteiger partial charge on any atom is 0.410 e. The summed E-state index contributed by atoms with van der Waals surface area (Å²) in [7, 11) is 1.71. The van der Waals surface area contributed by atoms with Gasteiger partial charge in [-0.3, -0.25) is 4.90 Å². The van der Waals surface area contributed by atoms with Gasteiger partial charge in [0.25, 0.3) is 0 Å². The van der Waals surface area contributed by atoms with E-state index in [2.05, 4.69) is 38.7 Å². The quantitative estimate of drug-likeness (QED) is 0.359. The number of hydrogen-bond donors (Lipinski definition) is 0. The first kappa shape index (κ1) is 26.9. The minimum Gasteiger partial charge on any atom is -0.443 e. The average Bonchev–Trinajstić information content (AvgIpc) is 3.42. The Hall–Kier alpha value is -1.19. The summed E-state index contributed by atoms with van der Waals surface area (Å²) >= 11 is 0. The smallest absolute Gasteiger partial charge is 0.410 e. The molecule has 3 aliphatic heterocycles. The summed E-state index contributed by atoms with van der Waals surface area (Å²) in [6.45, 7) is 15.9. The topological polar surface area (TPSA) is 73.0 Å². The zero-order valence-corrected chi connectivity index (χ0v) is 22.4. The summed E-state index contributed by atoms with van der Waals surface area (Å²) in [6.07, 6.45) is 5.08. The van der Waals surface area contributed by atoms with Crippen molar-refractivity contribution in [3.05, 3.63) is 11.6 Å². The number of rotatable bonds is 9. The molecule has 1 amide bonds. The van der Waals surface area contributed by atoms with Gasteiger partial charge < -0.3 is 28.6 Å². The van der Waals surface area contributed by atoms with Crippen molar-refractivity contribution in [3.63, 3.8) is 0 Å². The van der Waals surface area contributed by atoms with Crippen LogP contribution in [0.3, 0.4) is 0 Å². The second-order valence-corrected chi connectivity index (χ2v) is 11.5. The Kier molecular flexibility index (Phi) is 8.80. The van der Waals surface area contributed by atoms with Crippen LogP contribution in [-0.2, 0) is 23.7 Å². The van der Waals surface area contributed by atoms with Crippen LogP contribution in [0.2, 0.25) is 0 Å². The lowest BCUT2D eigenvalue weighted by Crippen LogP contribution is -2.59. The molecule has 0 aromatic rings. The molecule has 8 nitrogen and oxygen atoms in total. The van der Waals surface area contributed by atoms with Gasteiger partial charge in [0, 0.05) is 39.2 Å². The van der Waals surface area contributed by atoms with Gasteiger partial charge in [0.1, 0.15) is 12.2 Å². The number of carbonyl (C=O) groups is 1. The molecular weight excluding hydrogens is 448 g/mol. The number of amides is 1. The molecular formula is C27H46N2O6. The zero-order chi connectivity index (χ0) is 25.1. The summed E-state index contributed by atoms with van der Waals surface area (Å²) < 4.78 is 29.9. The molecule has 0 aromatic carbocycles. The molecule has 0 aromatic heterocycles. The molecule has 200 valence electrons. The highest BCUT2D eigenvalue weighted by Crippen LogP contribution is 2.52. The van der Waals surface area contributed by atoms with Crippen molar-refractivity contribution >= 4 is 6.09 Å². The van der Waals surface area contributed by atoms with Crippen molar-refractivity contribution in [3.8, 4) is 0 Å². The van der Waals surface area contributed by atoms with Gasteiger partial charge in [0.15, 0.2) is 0 Å². The van der Waals surface area contributed by atoms with Crippen molar-refractivity contribution in [2.24, 2.45) is 11.8 Å². The fraction of sp³-hybridized carbons (Fsp3) is 0.889. The van der Waals surface area contributed by atoms with Crippen LogP contribution in [0.4, 0.5) is 4.79 Å². The van der Waals surface area contributed by atoms with E-state index in [9.17, 15) is 4.79 Å². The normalized spacial score (nSPS) is 33.7. The van der Waals surface area contributed by atoms with Gasteiger partial charge in [-0.2, -0.15) is 0 Å². The third-order valence-electron chi connectivity index (χ3n) is 8.35. The number of ether oxygens (including phenoxy) is 5. The molecule has 4 fully saturated rings. The summed E-state index contributed by atoms with van der Waals surface area (Å²) in [5, 5.41) is 0. The van der Waals surface area contributed by atoms with Crippen LogP contribution in [0.5, 0.6) is 0 Å². The second kappa shape index (κ2) is 11.5. The molecule has 0 unspecified atom stereocenters. The Morgan fingerprint density at radius 2 is 1.91 bits per heavy atom. The van der Waals surface area contributed by atoms with Crippen LogP contribution in [0.1, 0.15) is 53.4 Å². The monoisotopic (exact) mass is 494 g/mol. The molecule has 1 saturated carbocycles. The minimum absolute atomic E-state index is 0.0167. The highest BCUT2D eigenvalue weighted by molar-refractivity contribution is 5.68. The third-order valence-corrected chi connectivity index (χ3v) is 8.35. The van der Waals surface area contributed by atoms with Crippen molar-refractivity contribution in [2.75, 3.05) is 66.3 Å². The number of hydrogen-bond acceptors (Lipinski definition) is 7. The van der Waals surface area contributed by atoms with Gasteiger partial charge in [-0.05, 0) is 65.8 Å². The van der Waals surface area contributed by atoms with E-state index in [-0.39, 0.29) is 29.8 Å². The summed E-state index contributed by atoms with van der Waals surface area (Å²) in [5.74, 6) is 0.519. The van der Waals surface area contributed by atoms with E-state index in [0.717, 1.165) is 71.6 Å². The molecule has 4 rings (SSSR count). The maximum absolute atomic E-state index is 13.2. The van der Waals surface area contributed by atoms with Crippen LogP contribution in [-0.4, -0.2) is 106 Å². The van der Waals surface area contributed by atoms with Crippen LogP contribution >= 0.6 is 0 Å². The van der Waals surface area contributed by atoms with E-state index in [1.807, 2.05) is 4.90 Å². The van der Waals surface area contributed by atoms with Gasteiger partial charge in [0.2, 0.25) is 0 Å². The van der Waals surface area contributed by atoms with Crippen molar-refractivity contribution in [2.45, 2.75) is 76.8 Å². The third kappa shape index (κ3) is 6.58. The molecule has 8 heteroatoms. The zero-order valence-electron chi connectivity index (χ0n) is 22.4. The predicted molar refractivity (Wildman–Crippen MR) is 133 cm³/mol. The van der Waals surface area contributed by atoms with E-state index in [1.54, 1.807) is 7.11 Å². The first-order valence-corrected chi connectivity index (χ1v) is 13.4. The number of morpholine rings is 1. The van der Waals surface area contributed by atoms with Crippen molar-refractivity contribution in [1.29, 1.82) is 0 Å². The number of carbonyl (C=O) groups excluding carboxylic acids is 1. The first-order valence-electron chi connectivity index (χ1n) is 13.4. The molecule has 0 N–H and O–H groups in total. The molecule has 3 heterocycles. The van der Waals surface area contributed by atoms with Crippen LogP contribution in [0.25, 0.3) is 0 Å². The minimum atomic E-state index is -0.480. The fourth-order valence-corrected chi connectivity index (χ4v) is 6.22. The van der Waals surface area contributed by atoms with E-state index < -0.39 is 5.60 Å². The van der Waals surface area contributed by atoms with Crippen LogP contribution in [0, 0.1) is 11.8 Å². The summed E-state index contributed by atoms with van der Waals surface area (Å²) in [5.41, 5.74) is 0.508.